The number of fused-ring (bicyclic) bond motifs is 1. The van der Waals surface area contributed by atoms with Crippen LogP contribution in [0.2, 0.25) is 0 Å². The zero-order chi connectivity index (χ0) is 23.1. The number of nitrogens with one attached hydrogen (secondary N) is 3. The monoisotopic (exact) mass is 447 g/mol. The van der Waals surface area contributed by atoms with Crippen molar-refractivity contribution in [2.45, 2.75) is 24.7 Å². The molecule has 1 aromatic heterocycles. The topological polar surface area (TPSA) is 105 Å². The minimum absolute atomic E-state index is 0.0210. The van der Waals surface area contributed by atoms with Gasteiger partial charge in [0.05, 0.1) is 26.9 Å². The molecule has 1 aliphatic heterocycles. The summed E-state index contributed by atoms with van der Waals surface area (Å²) in [6, 6.07) is 13.3. The highest BCUT2D eigenvalue weighted by Crippen LogP contribution is 2.47. The van der Waals surface area contributed by atoms with E-state index in [4.69, 9.17) is 14.2 Å². The molecule has 0 saturated carbocycles. The van der Waals surface area contributed by atoms with E-state index in [2.05, 4.69) is 15.5 Å². The number of benzene rings is 2. The van der Waals surface area contributed by atoms with Crippen LogP contribution in [-0.4, -0.2) is 37.3 Å². The van der Waals surface area contributed by atoms with Gasteiger partial charge in [0.2, 0.25) is 0 Å². The second-order valence-electron chi connectivity index (χ2n) is 8.23. The van der Waals surface area contributed by atoms with E-state index >= 15 is 0 Å². The summed E-state index contributed by atoms with van der Waals surface area (Å²) in [5.41, 5.74) is 3.64. The van der Waals surface area contributed by atoms with Crippen molar-refractivity contribution < 1.29 is 19.0 Å². The number of aromatic nitrogens is 2. The number of aromatic amines is 2. The minimum atomic E-state index is -0.448. The van der Waals surface area contributed by atoms with Crippen LogP contribution < -0.4 is 25.1 Å². The Kier molecular flexibility index (Phi) is 5.20. The van der Waals surface area contributed by atoms with E-state index in [0.717, 1.165) is 16.8 Å². The molecule has 2 heterocycles. The molecule has 5 rings (SSSR count). The molecule has 1 aliphatic carbocycles. The van der Waals surface area contributed by atoms with Crippen molar-refractivity contribution in [2.75, 3.05) is 26.6 Å². The molecule has 3 N–H and O–H groups in total. The van der Waals surface area contributed by atoms with Gasteiger partial charge >= 0.3 is 0 Å². The van der Waals surface area contributed by atoms with Gasteiger partial charge in [-0.2, -0.15) is 0 Å². The molecule has 8 heteroatoms. The van der Waals surface area contributed by atoms with E-state index < -0.39 is 5.92 Å². The van der Waals surface area contributed by atoms with Crippen LogP contribution in [0.4, 0.5) is 5.82 Å². The van der Waals surface area contributed by atoms with Crippen LogP contribution in [0, 0.1) is 0 Å². The van der Waals surface area contributed by atoms with Gasteiger partial charge in [-0.1, -0.05) is 18.2 Å². The van der Waals surface area contributed by atoms with Crippen LogP contribution in [-0.2, 0) is 4.79 Å². The van der Waals surface area contributed by atoms with Gasteiger partial charge in [-0.25, -0.2) is 0 Å². The number of Topliss-reactive ketones (excluding diaryl/α,β-unsaturated/α-hetero) is 1. The molecule has 0 fully saturated rings. The van der Waals surface area contributed by atoms with E-state index in [-0.39, 0.29) is 17.3 Å². The fraction of sp³-hybridized carbons (Fsp3) is 0.280. The maximum absolute atomic E-state index is 13.5. The number of anilines is 1. The number of carbonyl (C=O) groups excluding carboxylic acids is 1. The largest absolute Gasteiger partial charge is 0.497 e. The highest BCUT2D eigenvalue weighted by atomic mass is 16.5. The fourth-order valence-corrected chi connectivity index (χ4v) is 4.89. The van der Waals surface area contributed by atoms with E-state index in [9.17, 15) is 9.59 Å². The zero-order valence-corrected chi connectivity index (χ0v) is 18.7. The smallest absolute Gasteiger partial charge is 0.270 e. The first-order valence-electron chi connectivity index (χ1n) is 10.7. The Morgan fingerprint density at radius 3 is 2.24 bits per heavy atom. The standard InChI is InChI=1S/C25H25N3O5/c1-31-16-7-4-13(5-8-16)21-22-17(26-24-23(21)25(30)28-27-24)10-15(11-18(22)29)14-6-9-19(32-2)20(12-14)33-3/h4-9,12,15,21H,10-11H2,1-3H3,(H3,26,27,28,30)/t15-,21-/m0/s1. The molecule has 3 aromatic rings. The van der Waals surface area contributed by atoms with Gasteiger partial charge in [0.1, 0.15) is 11.6 Å². The lowest BCUT2D eigenvalue weighted by molar-refractivity contribution is -0.116. The average molecular weight is 447 g/mol. The van der Waals surface area contributed by atoms with Crippen LogP contribution in [0.3, 0.4) is 0 Å². The first-order valence-corrected chi connectivity index (χ1v) is 10.7. The van der Waals surface area contributed by atoms with Crippen molar-refractivity contribution in [3.63, 3.8) is 0 Å². The molecule has 2 aliphatic rings. The molecule has 0 amide bonds. The minimum Gasteiger partial charge on any atom is -0.497 e. The summed E-state index contributed by atoms with van der Waals surface area (Å²) >= 11 is 0. The van der Waals surface area contributed by atoms with Crippen molar-refractivity contribution in [1.82, 2.24) is 10.2 Å². The van der Waals surface area contributed by atoms with Crippen LogP contribution in [0.25, 0.3) is 0 Å². The maximum Gasteiger partial charge on any atom is 0.270 e. The Morgan fingerprint density at radius 2 is 1.55 bits per heavy atom. The molecule has 2 atom stereocenters. The summed E-state index contributed by atoms with van der Waals surface area (Å²) in [5.74, 6) is 2.15. The summed E-state index contributed by atoms with van der Waals surface area (Å²) in [5, 5.41) is 8.90. The van der Waals surface area contributed by atoms with Gasteiger partial charge in [0.25, 0.3) is 5.56 Å². The number of hydrogen-bond acceptors (Lipinski definition) is 6. The predicted molar refractivity (Wildman–Crippen MR) is 123 cm³/mol. The van der Waals surface area contributed by atoms with Crippen LogP contribution in [0.1, 0.15) is 41.4 Å². The lowest BCUT2D eigenvalue weighted by Gasteiger charge is -2.34. The lowest BCUT2D eigenvalue weighted by Crippen LogP contribution is -2.31. The number of ether oxygens (including phenoxy) is 3. The second-order valence-corrected chi connectivity index (χ2v) is 8.23. The number of ketones is 1. The third kappa shape index (κ3) is 3.47. The van der Waals surface area contributed by atoms with Gasteiger partial charge < -0.3 is 19.5 Å². The average Bonchev–Trinajstić information content (AvgIpc) is 3.22. The van der Waals surface area contributed by atoms with Crippen molar-refractivity contribution in [3.8, 4) is 17.2 Å². The molecular formula is C25H25N3O5. The summed E-state index contributed by atoms with van der Waals surface area (Å²) in [6.07, 6.45) is 0.982. The van der Waals surface area contributed by atoms with E-state index in [1.165, 1.54) is 0 Å². The molecule has 0 unspecified atom stereocenters. The molecule has 8 nitrogen and oxygen atoms in total. The number of rotatable bonds is 5. The molecule has 33 heavy (non-hydrogen) atoms. The Morgan fingerprint density at radius 1 is 0.818 bits per heavy atom. The Hall–Kier alpha value is -3.94. The second kappa shape index (κ2) is 8.20. The number of hydrogen-bond donors (Lipinski definition) is 3. The van der Waals surface area contributed by atoms with Gasteiger partial charge in [-0.05, 0) is 47.7 Å². The third-order valence-corrected chi connectivity index (χ3v) is 6.50. The number of H-pyrrole nitrogens is 2. The molecule has 0 radical (unpaired) electrons. The predicted octanol–water partition coefficient (Wildman–Crippen LogP) is 3.69. The summed E-state index contributed by atoms with van der Waals surface area (Å²) < 4.78 is 16.1. The Labute approximate surface area is 190 Å². The van der Waals surface area contributed by atoms with Gasteiger partial charge in [-0.15, -0.1) is 0 Å². The van der Waals surface area contributed by atoms with Gasteiger partial charge in [0, 0.05) is 23.6 Å². The highest BCUT2D eigenvalue weighted by Gasteiger charge is 2.40. The van der Waals surface area contributed by atoms with Crippen LogP contribution in [0.5, 0.6) is 17.2 Å². The quantitative estimate of drug-likeness (QED) is 0.551. The lowest BCUT2D eigenvalue weighted by atomic mass is 9.73. The molecule has 0 spiro atoms. The van der Waals surface area contributed by atoms with Crippen molar-refractivity contribution in [3.05, 3.63) is 80.8 Å². The van der Waals surface area contributed by atoms with Crippen LogP contribution in [0.15, 0.2) is 58.5 Å². The molecule has 0 bridgehead atoms. The van der Waals surface area contributed by atoms with Crippen molar-refractivity contribution in [2.24, 2.45) is 0 Å². The van der Waals surface area contributed by atoms with Crippen molar-refractivity contribution >= 4 is 11.6 Å². The Balaban J connectivity index is 1.57. The normalized spacial score (nSPS) is 19.4. The third-order valence-electron chi connectivity index (χ3n) is 6.50. The van der Waals surface area contributed by atoms with Crippen LogP contribution >= 0.6 is 0 Å². The highest BCUT2D eigenvalue weighted by molar-refractivity contribution is 6.01. The maximum atomic E-state index is 13.5. The summed E-state index contributed by atoms with van der Waals surface area (Å²) in [7, 11) is 4.80. The molecule has 170 valence electrons. The SMILES string of the molecule is COc1ccc([C@H]2C3=C(C[C@H](c4ccc(OC)c(OC)c4)CC3=O)Nc3[nH][nH]c(=O)c32)cc1. The Bertz CT molecular complexity index is 1300. The van der Waals surface area contributed by atoms with E-state index in [1.54, 1.807) is 21.3 Å². The zero-order valence-electron chi connectivity index (χ0n) is 18.7. The molecule has 0 saturated heterocycles. The van der Waals surface area contributed by atoms with E-state index in [0.29, 0.717) is 47.0 Å². The van der Waals surface area contributed by atoms with Gasteiger partial charge in [-0.3, -0.25) is 19.8 Å². The molecule has 2 aromatic carbocycles. The number of methoxy groups -OCH3 is 3. The first kappa shape index (κ1) is 20.9. The molecular weight excluding hydrogens is 422 g/mol. The first-order chi connectivity index (χ1) is 16.0. The number of allylic oxidation sites excluding steroid dienone is 2. The van der Waals surface area contributed by atoms with Gasteiger partial charge in [0.15, 0.2) is 17.3 Å². The number of carbonyl (C=O) groups is 1. The van der Waals surface area contributed by atoms with E-state index in [1.807, 2.05) is 42.5 Å². The summed E-state index contributed by atoms with van der Waals surface area (Å²) in [4.78, 5) is 26.2. The summed E-state index contributed by atoms with van der Waals surface area (Å²) in [6.45, 7) is 0. The van der Waals surface area contributed by atoms with Crippen molar-refractivity contribution in [1.29, 1.82) is 0 Å². The fourth-order valence-electron chi connectivity index (χ4n) is 4.89.